The molecule has 1 amide bonds. The fourth-order valence-corrected chi connectivity index (χ4v) is 4.03. The Hall–Kier alpha value is -1.13. The molecule has 3 nitrogen and oxygen atoms in total. The molecule has 4 heteroatoms. The summed E-state index contributed by atoms with van der Waals surface area (Å²) in [5, 5.41) is 12.6. The highest BCUT2D eigenvalue weighted by Gasteiger charge is 2.43. The van der Waals surface area contributed by atoms with E-state index >= 15 is 0 Å². The third-order valence-electron chi connectivity index (χ3n) is 4.67. The molecule has 1 aromatic rings. The van der Waals surface area contributed by atoms with Gasteiger partial charge in [0, 0.05) is 30.0 Å². The predicted molar refractivity (Wildman–Crippen MR) is 81.5 cm³/mol. The van der Waals surface area contributed by atoms with Crippen molar-refractivity contribution < 1.29 is 9.90 Å². The summed E-state index contributed by atoms with van der Waals surface area (Å²) in [6.07, 6.45) is 8.54. The Balaban J connectivity index is 1.62. The molecule has 0 radical (unpaired) electrons. The molecule has 1 saturated carbocycles. The van der Waals surface area contributed by atoms with Crippen LogP contribution < -0.4 is 0 Å². The quantitative estimate of drug-likeness (QED) is 0.851. The van der Waals surface area contributed by atoms with Gasteiger partial charge in [0.15, 0.2) is 0 Å². The van der Waals surface area contributed by atoms with E-state index in [1.165, 1.54) is 6.42 Å². The van der Waals surface area contributed by atoms with Gasteiger partial charge < -0.3 is 10.0 Å². The highest BCUT2D eigenvalue weighted by molar-refractivity contribution is 7.10. The topological polar surface area (TPSA) is 40.5 Å². The van der Waals surface area contributed by atoms with E-state index in [4.69, 9.17) is 0 Å². The Morgan fingerprint density at radius 1 is 1.45 bits per heavy atom. The molecule has 1 aromatic heterocycles. The van der Waals surface area contributed by atoms with Gasteiger partial charge in [-0.15, -0.1) is 11.3 Å². The van der Waals surface area contributed by atoms with Crippen molar-refractivity contribution in [1.29, 1.82) is 0 Å². The maximum absolute atomic E-state index is 12.2. The second-order valence-corrected chi connectivity index (χ2v) is 6.91. The monoisotopic (exact) mass is 291 g/mol. The lowest BCUT2D eigenvalue weighted by atomic mass is 9.71. The minimum absolute atomic E-state index is 0.0750. The molecule has 1 aliphatic heterocycles. The SMILES string of the molecule is O=C(/C=C/c1cccs1)N1CC[C@@]2(O)CCCC[C@H]2C1. The van der Waals surface area contributed by atoms with E-state index in [0.29, 0.717) is 13.1 Å². The van der Waals surface area contributed by atoms with Crippen LogP contribution in [-0.2, 0) is 4.79 Å². The van der Waals surface area contributed by atoms with E-state index in [1.807, 2.05) is 28.5 Å². The molecule has 0 bridgehead atoms. The first-order valence-electron chi connectivity index (χ1n) is 7.40. The van der Waals surface area contributed by atoms with E-state index in [2.05, 4.69) is 0 Å². The molecule has 2 heterocycles. The highest BCUT2D eigenvalue weighted by atomic mass is 32.1. The summed E-state index contributed by atoms with van der Waals surface area (Å²) >= 11 is 1.63. The summed E-state index contributed by atoms with van der Waals surface area (Å²) in [7, 11) is 0. The molecule has 2 atom stereocenters. The summed E-state index contributed by atoms with van der Waals surface area (Å²) in [6, 6.07) is 3.99. The van der Waals surface area contributed by atoms with Gasteiger partial charge in [-0.1, -0.05) is 18.9 Å². The number of aliphatic hydroxyl groups is 1. The number of hydrogen-bond acceptors (Lipinski definition) is 3. The van der Waals surface area contributed by atoms with Gasteiger partial charge >= 0.3 is 0 Å². The molecular formula is C16H21NO2S. The lowest BCUT2D eigenvalue weighted by Crippen LogP contribution is -2.54. The van der Waals surface area contributed by atoms with Crippen molar-refractivity contribution in [3.8, 4) is 0 Å². The number of nitrogens with zero attached hydrogens (tertiary/aromatic N) is 1. The van der Waals surface area contributed by atoms with Gasteiger partial charge in [0.1, 0.15) is 0 Å². The van der Waals surface area contributed by atoms with E-state index in [-0.39, 0.29) is 11.8 Å². The Bertz CT molecular complexity index is 497. The number of hydrogen-bond donors (Lipinski definition) is 1. The fraction of sp³-hybridized carbons (Fsp3) is 0.562. The van der Waals surface area contributed by atoms with Crippen molar-refractivity contribution in [3.05, 3.63) is 28.5 Å². The number of carbonyl (C=O) groups is 1. The van der Waals surface area contributed by atoms with Crippen LogP contribution in [0.5, 0.6) is 0 Å². The first-order chi connectivity index (χ1) is 9.67. The Morgan fingerprint density at radius 2 is 2.35 bits per heavy atom. The molecule has 108 valence electrons. The average Bonchev–Trinajstić information content (AvgIpc) is 2.97. The molecule has 0 aromatic carbocycles. The fourth-order valence-electron chi connectivity index (χ4n) is 3.42. The van der Waals surface area contributed by atoms with Crippen LogP contribution in [0.3, 0.4) is 0 Å². The van der Waals surface area contributed by atoms with Crippen LogP contribution >= 0.6 is 11.3 Å². The molecule has 0 unspecified atom stereocenters. The number of rotatable bonds is 2. The summed E-state index contributed by atoms with van der Waals surface area (Å²) in [4.78, 5) is 15.2. The van der Waals surface area contributed by atoms with Gasteiger partial charge in [-0.2, -0.15) is 0 Å². The molecule has 2 fully saturated rings. The maximum Gasteiger partial charge on any atom is 0.246 e. The second-order valence-electron chi connectivity index (χ2n) is 5.93. The zero-order chi connectivity index (χ0) is 14.0. The normalized spacial score (nSPS) is 30.4. The number of thiophene rings is 1. The number of likely N-dealkylation sites (tertiary alicyclic amines) is 1. The molecule has 0 spiro atoms. The molecule has 2 aliphatic rings. The predicted octanol–water partition coefficient (Wildman–Crippen LogP) is 2.91. The highest BCUT2D eigenvalue weighted by Crippen LogP contribution is 2.39. The van der Waals surface area contributed by atoms with Crippen molar-refractivity contribution in [2.45, 2.75) is 37.7 Å². The van der Waals surface area contributed by atoms with Crippen molar-refractivity contribution in [2.24, 2.45) is 5.92 Å². The minimum Gasteiger partial charge on any atom is -0.389 e. The summed E-state index contributed by atoms with van der Waals surface area (Å²) < 4.78 is 0. The lowest BCUT2D eigenvalue weighted by Gasteiger charge is -2.47. The number of carbonyl (C=O) groups excluding carboxylic acids is 1. The van der Waals surface area contributed by atoms with Gasteiger partial charge in [0.05, 0.1) is 5.60 Å². The van der Waals surface area contributed by atoms with Crippen LogP contribution in [0.25, 0.3) is 6.08 Å². The van der Waals surface area contributed by atoms with Crippen LogP contribution in [0.1, 0.15) is 37.0 Å². The van der Waals surface area contributed by atoms with Crippen LogP contribution in [-0.4, -0.2) is 34.6 Å². The van der Waals surface area contributed by atoms with Gasteiger partial charge in [0.25, 0.3) is 0 Å². The van der Waals surface area contributed by atoms with Crippen LogP contribution in [0.15, 0.2) is 23.6 Å². The van der Waals surface area contributed by atoms with E-state index in [0.717, 1.165) is 30.6 Å². The van der Waals surface area contributed by atoms with E-state index < -0.39 is 5.60 Å². The zero-order valence-corrected chi connectivity index (χ0v) is 12.4. The Morgan fingerprint density at radius 3 is 3.15 bits per heavy atom. The van der Waals surface area contributed by atoms with E-state index in [1.54, 1.807) is 17.4 Å². The molecule has 3 rings (SSSR count). The third kappa shape index (κ3) is 2.81. The van der Waals surface area contributed by atoms with Crippen molar-refractivity contribution in [2.75, 3.05) is 13.1 Å². The first-order valence-corrected chi connectivity index (χ1v) is 8.28. The maximum atomic E-state index is 12.2. The second kappa shape index (κ2) is 5.70. The lowest BCUT2D eigenvalue weighted by molar-refractivity contribution is -0.138. The van der Waals surface area contributed by atoms with Gasteiger partial charge in [0.2, 0.25) is 5.91 Å². The molecule has 20 heavy (non-hydrogen) atoms. The van der Waals surface area contributed by atoms with Gasteiger partial charge in [-0.25, -0.2) is 0 Å². The molecule has 1 aliphatic carbocycles. The van der Waals surface area contributed by atoms with Crippen LogP contribution in [0.2, 0.25) is 0 Å². The Labute approximate surface area is 123 Å². The number of piperidine rings is 1. The third-order valence-corrected chi connectivity index (χ3v) is 5.51. The molecule has 1 saturated heterocycles. The molecule has 1 N–H and O–H groups in total. The van der Waals surface area contributed by atoms with Crippen molar-refractivity contribution >= 4 is 23.3 Å². The van der Waals surface area contributed by atoms with Gasteiger partial charge in [-0.3, -0.25) is 4.79 Å². The van der Waals surface area contributed by atoms with Gasteiger partial charge in [-0.05, 0) is 36.8 Å². The van der Waals surface area contributed by atoms with Crippen molar-refractivity contribution in [1.82, 2.24) is 4.90 Å². The number of amides is 1. The number of fused-ring (bicyclic) bond motifs is 1. The average molecular weight is 291 g/mol. The van der Waals surface area contributed by atoms with Crippen LogP contribution in [0, 0.1) is 5.92 Å². The summed E-state index contributed by atoms with van der Waals surface area (Å²) in [5.74, 6) is 0.343. The summed E-state index contributed by atoms with van der Waals surface area (Å²) in [6.45, 7) is 1.39. The largest absolute Gasteiger partial charge is 0.389 e. The first kappa shape index (κ1) is 13.8. The van der Waals surface area contributed by atoms with Crippen molar-refractivity contribution in [3.63, 3.8) is 0 Å². The Kier molecular flexibility index (Phi) is 3.94. The zero-order valence-electron chi connectivity index (χ0n) is 11.6. The smallest absolute Gasteiger partial charge is 0.246 e. The summed E-state index contributed by atoms with van der Waals surface area (Å²) in [5.41, 5.74) is -0.507. The standard InChI is InChI=1S/C16H21NO2S/c18-15(7-6-14-5-3-11-20-14)17-10-9-16(19)8-2-1-4-13(16)12-17/h3,5-7,11,13,19H,1-2,4,8-10,12H2/b7-6+/t13-,16-/m0/s1. The van der Waals surface area contributed by atoms with E-state index in [9.17, 15) is 9.90 Å². The van der Waals surface area contributed by atoms with Crippen LogP contribution in [0.4, 0.5) is 0 Å². The minimum atomic E-state index is -0.507. The molecular weight excluding hydrogens is 270 g/mol.